The molecule has 0 radical (unpaired) electrons. The molecule has 1 aliphatic rings. The van der Waals surface area contributed by atoms with Gasteiger partial charge in [-0.15, -0.1) is 11.8 Å². The minimum Gasteiger partial charge on any atom is -0.454 e. The van der Waals surface area contributed by atoms with Crippen LogP contribution in [0.2, 0.25) is 0 Å². The maximum absolute atomic E-state index is 13.2. The van der Waals surface area contributed by atoms with Gasteiger partial charge in [-0.3, -0.25) is 9.59 Å². The Hall–Kier alpha value is -2.72. The molecule has 0 bridgehead atoms. The maximum Gasteiger partial charge on any atom is 0.408 e. The number of nitrogens with one attached hydrogen (secondary N) is 2. The van der Waals surface area contributed by atoms with Crippen LogP contribution < -0.4 is 20.1 Å². The zero-order chi connectivity index (χ0) is 26.6. The smallest absolute Gasteiger partial charge is 0.408 e. The zero-order valence-corrected chi connectivity index (χ0v) is 23.3. The van der Waals surface area contributed by atoms with E-state index in [0.29, 0.717) is 30.1 Å². The van der Waals surface area contributed by atoms with Crippen molar-refractivity contribution in [1.29, 1.82) is 0 Å². The van der Waals surface area contributed by atoms with E-state index in [2.05, 4.69) is 16.0 Å². The third-order valence-corrected chi connectivity index (χ3v) is 7.53. The fraction of sp³-hybridized carbons (Fsp3) is 0.519. The summed E-state index contributed by atoms with van der Waals surface area (Å²) >= 11 is 3.18. The lowest BCUT2D eigenvalue weighted by Crippen LogP contribution is -2.52. The molecule has 3 rings (SSSR count). The predicted octanol–water partition coefficient (Wildman–Crippen LogP) is 5.30. The van der Waals surface area contributed by atoms with Gasteiger partial charge >= 0.3 is 6.09 Å². The summed E-state index contributed by atoms with van der Waals surface area (Å²) in [5.41, 5.74) is 1.94. The average molecular weight is 549 g/mol. The molecule has 37 heavy (non-hydrogen) atoms. The van der Waals surface area contributed by atoms with E-state index in [1.165, 1.54) is 5.56 Å². The molecule has 0 spiro atoms. The van der Waals surface area contributed by atoms with Crippen LogP contribution in [0.3, 0.4) is 0 Å². The summed E-state index contributed by atoms with van der Waals surface area (Å²) in [6.45, 7) is 6.19. The molecule has 202 valence electrons. The Morgan fingerprint density at radius 3 is 2.62 bits per heavy atom. The first-order valence-corrected chi connectivity index (χ1v) is 14.7. The number of benzene rings is 1. The third-order valence-electron chi connectivity index (χ3n) is 5.77. The molecule has 1 aromatic heterocycles. The van der Waals surface area contributed by atoms with Crippen molar-refractivity contribution in [2.45, 2.75) is 70.9 Å². The van der Waals surface area contributed by atoms with Crippen molar-refractivity contribution in [3.05, 3.63) is 46.2 Å². The number of hydrogen-bond donors (Lipinski definition) is 2. The Kier molecular flexibility index (Phi) is 11.6. The van der Waals surface area contributed by atoms with E-state index < -0.39 is 18.2 Å². The van der Waals surface area contributed by atoms with Gasteiger partial charge in [0.2, 0.25) is 12.7 Å². The molecular weight excluding hydrogens is 512 g/mol. The number of thioether (sulfide) groups is 1. The van der Waals surface area contributed by atoms with E-state index in [-0.39, 0.29) is 31.0 Å². The van der Waals surface area contributed by atoms with Crippen LogP contribution in [0.25, 0.3) is 0 Å². The topological polar surface area (TPSA) is 103 Å². The van der Waals surface area contributed by atoms with Gasteiger partial charge in [0.1, 0.15) is 12.6 Å². The van der Waals surface area contributed by atoms with Crippen molar-refractivity contribution in [2.24, 2.45) is 5.92 Å². The minimum absolute atomic E-state index is 0.00397. The van der Waals surface area contributed by atoms with Crippen LogP contribution in [-0.4, -0.2) is 42.4 Å². The third kappa shape index (κ3) is 9.59. The van der Waals surface area contributed by atoms with Gasteiger partial charge in [0.05, 0.1) is 11.8 Å². The number of amides is 2. The fourth-order valence-electron chi connectivity index (χ4n) is 3.81. The second-order valence-corrected chi connectivity index (χ2v) is 11.1. The first-order valence-electron chi connectivity index (χ1n) is 12.6. The normalized spacial score (nSPS) is 13.7. The lowest BCUT2D eigenvalue weighted by molar-refractivity contribution is -0.128. The number of carbonyl (C=O) groups is 3. The van der Waals surface area contributed by atoms with Gasteiger partial charge in [-0.25, -0.2) is 4.79 Å². The number of carbonyl (C=O) groups excluding carboxylic acids is 3. The van der Waals surface area contributed by atoms with Crippen LogP contribution in [0.1, 0.15) is 57.6 Å². The van der Waals surface area contributed by atoms with E-state index >= 15 is 0 Å². The van der Waals surface area contributed by atoms with Crippen molar-refractivity contribution in [3.63, 3.8) is 0 Å². The van der Waals surface area contributed by atoms with E-state index in [0.717, 1.165) is 24.2 Å². The lowest BCUT2D eigenvalue weighted by Gasteiger charge is -2.24. The van der Waals surface area contributed by atoms with E-state index in [1.807, 2.05) is 32.2 Å². The van der Waals surface area contributed by atoms with Crippen LogP contribution in [-0.2, 0) is 26.7 Å². The number of fused-ring (bicyclic) bond motifs is 1. The first-order chi connectivity index (χ1) is 17.9. The van der Waals surface area contributed by atoms with Crippen LogP contribution >= 0.6 is 23.1 Å². The molecule has 2 amide bonds. The Balaban J connectivity index is 1.54. The molecule has 8 nitrogen and oxygen atoms in total. The Labute approximate surface area is 226 Å². The minimum atomic E-state index is -0.806. The van der Waals surface area contributed by atoms with Crippen molar-refractivity contribution in [2.75, 3.05) is 12.5 Å². The summed E-state index contributed by atoms with van der Waals surface area (Å²) in [7, 11) is 0. The van der Waals surface area contributed by atoms with Crippen molar-refractivity contribution in [1.82, 2.24) is 10.6 Å². The molecule has 1 aliphatic heterocycles. The van der Waals surface area contributed by atoms with Gasteiger partial charge in [0, 0.05) is 5.75 Å². The second-order valence-electron chi connectivity index (χ2n) is 9.38. The molecule has 0 aliphatic carbocycles. The average Bonchev–Trinajstić information content (AvgIpc) is 3.56. The van der Waals surface area contributed by atoms with E-state index in [4.69, 9.17) is 14.2 Å². The quantitative estimate of drug-likeness (QED) is 0.312. The highest BCUT2D eigenvalue weighted by atomic mass is 32.2. The molecular formula is C27H36N2O6S2. The largest absolute Gasteiger partial charge is 0.454 e. The predicted molar refractivity (Wildman–Crippen MR) is 146 cm³/mol. The molecule has 0 saturated heterocycles. The number of rotatable bonds is 15. The summed E-state index contributed by atoms with van der Waals surface area (Å²) in [5, 5.41) is 9.68. The van der Waals surface area contributed by atoms with Gasteiger partial charge in [-0.1, -0.05) is 39.7 Å². The lowest BCUT2D eigenvalue weighted by atomic mass is 10.0. The summed E-state index contributed by atoms with van der Waals surface area (Å²) in [5.74, 6) is 2.12. The molecule has 1 aromatic carbocycles. The van der Waals surface area contributed by atoms with Gasteiger partial charge in [-0.05, 0) is 58.8 Å². The number of unbranched alkanes of at least 4 members (excludes halogenated alkanes) is 1. The Morgan fingerprint density at radius 2 is 1.89 bits per heavy atom. The van der Waals surface area contributed by atoms with Crippen LogP contribution in [0.4, 0.5) is 4.79 Å². The number of Topliss-reactive ketones (excluding diaryl/α,β-unsaturated/α-hetero) is 1. The number of ether oxygens (including phenoxy) is 3. The van der Waals surface area contributed by atoms with Crippen LogP contribution in [0, 0.1) is 5.92 Å². The molecule has 2 atom stereocenters. The molecule has 10 heteroatoms. The molecule has 0 unspecified atom stereocenters. The highest BCUT2D eigenvalue weighted by Gasteiger charge is 2.27. The number of hydrogen-bond acceptors (Lipinski definition) is 8. The molecule has 2 N–H and O–H groups in total. The highest BCUT2D eigenvalue weighted by molar-refractivity contribution is 7.99. The molecule has 2 aromatic rings. The van der Waals surface area contributed by atoms with Gasteiger partial charge in [0.25, 0.3) is 0 Å². The fourth-order valence-corrected chi connectivity index (χ4v) is 5.50. The highest BCUT2D eigenvalue weighted by Crippen LogP contribution is 2.32. The molecule has 0 saturated carbocycles. The van der Waals surface area contributed by atoms with E-state index in [9.17, 15) is 14.4 Å². The van der Waals surface area contributed by atoms with Gasteiger partial charge < -0.3 is 24.8 Å². The van der Waals surface area contributed by atoms with Gasteiger partial charge in [-0.2, -0.15) is 11.3 Å². The maximum atomic E-state index is 13.2. The second kappa shape index (κ2) is 14.9. The van der Waals surface area contributed by atoms with Crippen molar-refractivity contribution < 1.29 is 28.6 Å². The van der Waals surface area contributed by atoms with Crippen LogP contribution in [0.15, 0.2) is 35.0 Å². The number of ketones is 1. The van der Waals surface area contributed by atoms with Crippen LogP contribution in [0.5, 0.6) is 11.5 Å². The molecule has 2 heterocycles. The summed E-state index contributed by atoms with van der Waals surface area (Å²) in [6, 6.07) is 5.98. The summed E-state index contributed by atoms with van der Waals surface area (Å²) in [4.78, 5) is 38.7. The zero-order valence-electron chi connectivity index (χ0n) is 21.6. The SMILES string of the molecule is CCCC[C@H](NC(=O)[C@H](CC(C)C)NC(=O)OCc1ccc2c(c1)OCO2)C(=O)CSCc1ccsc1. The van der Waals surface area contributed by atoms with Crippen molar-refractivity contribution in [3.8, 4) is 11.5 Å². The van der Waals surface area contributed by atoms with E-state index in [1.54, 1.807) is 41.3 Å². The summed E-state index contributed by atoms with van der Waals surface area (Å²) in [6.07, 6.45) is 2.05. The summed E-state index contributed by atoms with van der Waals surface area (Å²) < 4.78 is 16.0. The Morgan fingerprint density at radius 1 is 1.08 bits per heavy atom. The van der Waals surface area contributed by atoms with Gasteiger partial charge in [0.15, 0.2) is 17.3 Å². The number of alkyl carbamates (subject to hydrolysis) is 1. The standard InChI is InChI=1S/C27H36N2O6S2/c1-4-5-6-21(23(30)16-37-15-20-9-10-36-14-20)28-26(31)22(11-18(2)3)29-27(32)33-13-19-7-8-24-25(12-19)35-17-34-24/h7-10,12,14,18,21-22H,4-6,11,13,15-17H2,1-3H3,(H,28,31)(H,29,32)/t21-,22-/m0/s1. The molecule has 0 fully saturated rings. The first kappa shape index (κ1) is 28.8. The monoisotopic (exact) mass is 548 g/mol. The van der Waals surface area contributed by atoms with Crippen molar-refractivity contribution >= 4 is 40.9 Å². The number of thiophene rings is 1. The Bertz CT molecular complexity index is 1030.